The van der Waals surface area contributed by atoms with Crippen molar-refractivity contribution >= 4 is 76.6 Å². The number of piperazine rings is 1. The number of fused-ring (bicyclic) bond motifs is 15. The lowest BCUT2D eigenvalue weighted by Gasteiger charge is -2.39. The Morgan fingerprint density at radius 3 is 1.86 bits per heavy atom. The molecule has 0 radical (unpaired) electrons. The lowest BCUT2D eigenvalue weighted by Crippen LogP contribution is -2.60. The Morgan fingerprint density at radius 1 is 0.683 bits per heavy atom. The molecule has 2 fully saturated rings. The van der Waals surface area contributed by atoms with E-state index in [0.717, 1.165) is 71.6 Å². The van der Waals surface area contributed by atoms with Gasteiger partial charge in [0.15, 0.2) is 11.5 Å². The lowest BCUT2D eigenvalue weighted by atomic mass is 9.89. The number of nitrogens with one attached hydrogen (secondary N) is 6. The molecule has 5 aromatic carbocycles. The highest BCUT2D eigenvalue weighted by atomic mass is 35.5. The summed E-state index contributed by atoms with van der Waals surface area (Å²) >= 11 is 14.1. The second kappa shape index (κ2) is 31.3. The first-order chi connectivity index (χ1) is 49.0. The van der Waals surface area contributed by atoms with E-state index in [4.69, 9.17) is 52.6 Å². The topological polar surface area (TPSA) is 490 Å². The minimum absolute atomic E-state index is 0.0500. The van der Waals surface area contributed by atoms with Crippen molar-refractivity contribution in [3.63, 3.8) is 0 Å². The summed E-state index contributed by atoms with van der Waals surface area (Å²) in [6, 6.07) is -0.318. The maximum Gasteiger partial charge on any atom is 0.410 e. The Morgan fingerprint density at radius 2 is 1.27 bits per heavy atom. The molecule has 2 saturated heterocycles. The molecule has 0 aliphatic carbocycles. The molecular formula is C69H80Cl2N10O23. The van der Waals surface area contributed by atoms with Crippen LogP contribution in [0.2, 0.25) is 10.0 Å². The third kappa shape index (κ3) is 16.7. The zero-order chi connectivity index (χ0) is 75.8. The van der Waals surface area contributed by atoms with Crippen molar-refractivity contribution in [1.82, 2.24) is 46.6 Å². The van der Waals surface area contributed by atoms with Gasteiger partial charge in [0.25, 0.3) is 0 Å². The summed E-state index contributed by atoms with van der Waals surface area (Å²) in [7, 11) is 3.09. The third-order valence-corrected chi connectivity index (χ3v) is 18.6. The van der Waals surface area contributed by atoms with Gasteiger partial charge in [0.05, 0.1) is 23.1 Å². The quantitative estimate of drug-likeness (QED) is 0.0883. The number of phenols is 3. The van der Waals surface area contributed by atoms with Gasteiger partial charge in [-0.2, -0.15) is 0 Å². The predicted octanol–water partition coefficient (Wildman–Crippen LogP) is 1.21. The first-order valence-electron chi connectivity index (χ1n) is 32.9. The van der Waals surface area contributed by atoms with Gasteiger partial charge < -0.3 is 117 Å². The number of carbonyl (C=O) groups is 9. The number of aliphatic hydroxyl groups excluding tert-OH is 6. The molecule has 9 amide bonds. The number of aliphatic hydroxyl groups is 6. The van der Waals surface area contributed by atoms with E-state index in [-0.39, 0.29) is 70.3 Å². The average molecular weight is 1490 g/mol. The van der Waals surface area contributed by atoms with E-state index in [1.807, 2.05) is 11.9 Å². The summed E-state index contributed by atoms with van der Waals surface area (Å²) in [5.74, 6) is -15.0. The molecule has 35 heteroatoms. The average Bonchev–Trinajstić information content (AvgIpc) is 0.767. The molecule has 0 spiro atoms. The highest BCUT2D eigenvalue weighted by molar-refractivity contribution is 6.32. The number of nitrogens with zero attached hydrogens (tertiary/aromatic N) is 3. The highest BCUT2D eigenvalue weighted by Gasteiger charge is 2.48. The standard InChI is InChI=1S/C69H80Cl2N10O23/c1-28(2)18-39(80(7)68(99)104-69(3,4)5)61(93)77-52-54(87)30-9-12-42(36(70)20-30)100-44-22-32-23-45(59(44)103-67-58(91)57(90)56(89)46(27-82)102-67)101-43-13-10-31(21-37(43)71)55(88)53-65(97)76-51(66(98)81-16-14-79(6)15-17-81)35-24-33(83)25-41(85)48(35)34-19-29(8-11-40(34)84)49(62(94)78-53)75-63(95)50(32)74-60(92)38(26-47(72)86)73-64(52)96/h8-13,19-25,28,38-39,46,49-58,67,82-85,87-91H,14-18,26-27H2,1-7H3,(H2,72,86)(H,73,96)(H,74,92)(H,75,95)(H,76,97)(H,77,93)(H,78,94)/t38-,39+,46+,49+,50+,51-,52+,53-,54+,55+,56-,57-,58+,67-/m0/s1. The molecule has 33 nitrogen and oxygen atoms in total. The van der Waals surface area contributed by atoms with Crippen LogP contribution in [0, 0.1) is 5.92 Å². The largest absolute Gasteiger partial charge is 0.508 e. The number of amides is 9. The minimum atomic E-state index is -2.34. The van der Waals surface area contributed by atoms with Crippen LogP contribution in [0.15, 0.2) is 78.9 Å². The molecule has 7 aliphatic heterocycles. The smallest absolute Gasteiger partial charge is 0.410 e. The third-order valence-electron chi connectivity index (χ3n) is 18.0. The van der Waals surface area contributed by atoms with Crippen LogP contribution in [0.5, 0.6) is 46.0 Å². The van der Waals surface area contributed by atoms with Crippen molar-refractivity contribution in [1.29, 1.82) is 0 Å². The van der Waals surface area contributed by atoms with E-state index in [1.54, 1.807) is 34.6 Å². The molecule has 104 heavy (non-hydrogen) atoms. The summed E-state index contributed by atoms with van der Waals surface area (Å²) < 4.78 is 30.7. The summed E-state index contributed by atoms with van der Waals surface area (Å²) in [4.78, 5) is 138. The van der Waals surface area contributed by atoms with Crippen LogP contribution in [0.25, 0.3) is 11.1 Å². The number of carbonyl (C=O) groups excluding carboxylic acids is 9. The number of phenolic OH excluding ortho intramolecular Hbond substituents is 3. The number of rotatable bonds is 11. The molecule has 17 N–H and O–H groups in total. The maximum atomic E-state index is 16.1. The summed E-state index contributed by atoms with van der Waals surface area (Å²) in [6.45, 7) is 8.25. The second-order valence-electron chi connectivity index (χ2n) is 27.2. The molecule has 5 aromatic rings. The SMILES string of the molecule is CC(C)C[C@H](C(=O)N[C@H]1C(=O)N[C@@H](CC(N)=O)C(=O)N[C@H]2C(=O)N[C@H]3C(=O)N[C@H](C(=O)N[C@H](C(=O)N4CCN(C)CC4)c4cc(O)cc(O)c4-c4cc3ccc4O)[C@H](O)c3ccc(c(Cl)c3)Oc3cc2cc(c3O[C@@H]2O[C@H](CO)[C@H](O)[C@H](O)[C@H]2O)Oc2ccc(cc2Cl)[C@H]1O)N(C)C(=O)OC(C)(C)C. The van der Waals surface area contributed by atoms with Gasteiger partial charge in [-0.1, -0.05) is 55.2 Å². The molecule has 0 aromatic heterocycles. The second-order valence-corrected chi connectivity index (χ2v) is 28.0. The van der Waals surface area contributed by atoms with Gasteiger partial charge in [-0.25, -0.2) is 4.79 Å². The van der Waals surface area contributed by atoms with Crippen LogP contribution in [0.1, 0.15) is 106 Å². The van der Waals surface area contributed by atoms with Crippen molar-refractivity contribution in [3.8, 4) is 57.1 Å². The molecule has 12 rings (SSSR count). The predicted molar refractivity (Wildman–Crippen MR) is 364 cm³/mol. The van der Waals surface area contributed by atoms with Gasteiger partial charge in [0, 0.05) is 50.4 Å². The molecule has 11 bridgehead atoms. The van der Waals surface area contributed by atoms with Crippen LogP contribution in [-0.2, 0) is 47.8 Å². The van der Waals surface area contributed by atoms with Crippen molar-refractivity contribution in [2.24, 2.45) is 11.7 Å². The summed E-state index contributed by atoms with van der Waals surface area (Å²) in [6.07, 6.45) is -16.3. The fourth-order valence-corrected chi connectivity index (χ4v) is 12.9. The van der Waals surface area contributed by atoms with Gasteiger partial charge in [0.2, 0.25) is 59.3 Å². The first-order valence-corrected chi connectivity index (χ1v) is 33.6. The maximum absolute atomic E-state index is 16.1. The van der Waals surface area contributed by atoms with Crippen LogP contribution in [0.4, 0.5) is 4.79 Å². The monoisotopic (exact) mass is 1490 g/mol. The van der Waals surface area contributed by atoms with E-state index in [0.29, 0.717) is 13.1 Å². The zero-order valence-electron chi connectivity index (χ0n) is 57.0. The summed E-state index contributed by atoms with van der Waals surface area (Å²) in [5.41, 5.74) is 2.45. The number of likely N-dealkylation sites (N-methyl/N-ethyl adjacent to an activating group) is 2. The van der Waals surface area contributed by atoms with Crippen LogP contribution >= 0.6 is 23.2 Å². The van der Waals surface area contributed by atoms with Crippen molar-refractivity contribution < 1.29 is 113 Å². The molecule has 7 aliphatic rings. The van der Waals surface area contributed by atoms with Gasteiger partial charge in [-0.15, -0.1) is 0 Å². The van der Waals surface area contributed by atoms with Gasteiger partial charge in [-0.05, 0) is 123 Å². The first kappa shape index (κ1) is 76.8. The fourth-order valence-electron chi connectivity index (χ4n) is 12.5. The molecule has 14 atom stereocenters. The lowest BCUT2D eigenvalue weighted by molar-refractivity contribution is -0.277. The van der Waals surface area contributed by atoms with E-state index in [1.165, 1.54) is 24.1 Å². The van der Waals surface area contributed by atoms with E-state index in [9.17, 15) is 65.1 Å². The minimum Gasteiger partial charge on any atom is -0.508 e. The Labute approximate surface area is 604 Å². The molecular weight excluding hydrogens is 1410 g/mol. The number of benzene rings is 5. The van der Waals surface area contributed by atoms with Gasteiger partial charge in [-0.3, -0.25) is 43.3 Å². The number of ether oxygens (including phenoxy) is 5. The molecule has 558 valence electrons. The number of halogens is 2. The van der Waals surface area contributed by atoms with Gasteiger partial charge in [0.1, 0.15) is 113 Å². The molecule has 0 saturated carbocycles. The van der Waals surface area contributed by atoms with Crippen LogP contribution < -0.4 is 51.8 Å². The number of primary amides is 1. The van der Waals surface area contributed by atoms with Crippen molar-refractivity contribution in [2.75, 3.05) is 46.9 Å². The number of hydrogen-bond donors (Lipinski definition) is 16. The number of nitrogens with two attached hydrogens (primary N) is 1. The highest BCUT2D eigenvalue weighted by Crippen LogP contribution is 2.49. The summed E-state index contributed by atoms with van der Waals surface area (Å²) in [5, 5.41) is 118. The Kier molecular flexibility index (Phi) is 23.1. The van der Waals surface area contributed by atoms with E-state index >= 15 is 24.0 Å². The number of hydrogen-bond acceptors (Lipinski definition) is 24. The Hall–Kier alpha value is -9.81. The Balaban J connectivity index is 1.20. The van der Waals surface area contributed by atoms with E-state index < -0.39 is 207 Å². The molecule has 7 heterocycles. The fraction of sp³-hybridized carbons (Fsp3) is 0.435. The van der Waals surface area contributed by atoms with Crippen molar-refractivity contribution in [3.05, 3.63) is 117 Å². The molecule has 0 unspecified atom stereocenters. The van der Waals surface area contributed by atoms with Crippen LogP contribution in [-0.4, -0.2) is 221 Å². The number of aromatic hydroxyl groups is 3. The Bertz CT molecular complexity index is 4190. The van der Waals surface area contributed by atoms with Gasteiger partial charge >= 0.3 is 6.09 Å². The zero-order valence-corrected chi connectivity index (χ0v) is 58.5. The van der Waals surface area contributed by atoms with Crippen LogP contribution in [0.3, 0.4) is 0 Å². The van der Waals surface area contributed by atoms with E-state index in [2.05, 4.69) is 31.9 Å². The normalized spacial score (nSPS) is 25.6. The van der Waals surface area contributed by atoms with Crippen molar-refractivity contribution in [2.45, 2.75) is 138 Å².